The molecule has 4 heteroatoms. The van der Waals surface area contributed by atoms with Crippen molar-refractivity contribution in [2.24, 2.45) is 11.8 Å². The van der Waals surface area contributed by atoms with Gasteiger partial charge in [-0.25, -0.2) is 0 Å². The summed E-state index contributed by atoms with van der Waals surface area (Å²) in [5.74, 6) is 1.85. The number of hydrogen-bond acceptors (Lipinski definition) is 2. The molecule has 128 valence electrons. The number of likely N-dealkylation sites (tertiary alicyclic amines) is 1. The highest BCUT2D eigenvalue weighted by atomic mass is 35.5. The Morgan fingerprint density at radius 2 is 1.96 bits per heavy atom. The van der Waals surface area contributed by atoms with Crippen molar-refractivity contribution in [3.8, 4) is 0 Å². The molecule has 2 atom stereocenters. The van der Waals surface area contributed by atoms with Crippen molar-refractivity contribution >= 4 is 18.3 Å². The van der Waals surface area contributed by atoms with Gasteiger partial charge in [-0.2, -0.15) is 0 Å². The Balaban J connectivity index is 0.00000192. The number of hydrogen-bond donors (Lipinski definition) is 1. The number of halogens is 1. The van der Waals surface area contributed by atoms with Crippen molar-refractivity contribution < 1.29 is 4.79 Å². The largest absolute Gasteiger partial charge is 0.342 e. The molecule has 1 aromatic carbocycles. The molecule has 2 fully saturated rings. The third-order valence-electron chi connectivity index (χ3n) is 5.30. The molecule has 1 saturated carbocycles. The summed E-state index contributed by atoms with van der Waals surface area (Å²) in [7, 11) is 0. The topological polar surface area (TPSA) is 32.3 Å². The van der Waals surface area contributed by atoms with E-state index < -0.39 is 0 Å². The molecular weight excluding hydrogens is 308 g/mol. The lowest BCUT2D eigenvalue weighted by Crippen LogP contribution is -2.41. The first-order chi connectivity index (χ1) is 10.7. The first kappa shape index (κ1) is 18.3. The number of nitrogens with one attached hydrogen (secondary N) is 1. The molecule has 1 aliphatic carbocycles. The molecule has 23 heavy (non-hydrogen) atoms. The standard InChI is InChI=1S/C19H28N2O.ClH/c1-3-20-13-15-8-10-21(11-9-15)19(22)18-12-17(18)16-7-5-4-6-14(16)2;/h4-7,15,17-18,20H,3,8-13H2,1-2H3;1H. The number of rotatable bonds is 5. The Bertz CT molecular complexity index is 526. The Morgan fingerprint density at radius 1 is 1.26 bits per heavy atom. The molecule has 3 nitrogen and oxygen atoms in total. The van der Waals surface area contributed by atoms with Crippen LogP contribution in [0.3, 0.4) is 0 Å². The summed E-state index contributed by atoms with van der Waals surface area (Å²) in [6.45, 7) is 8.35. The van der Waals surface area contributed by atoms with Gasteiger partial charge < -0.3 is 10.2 Å². The van der Waals surface area contributed by atoms with E-state index in [1.807, 2.05) is 0 Å². The van der Waals surface area contributed by atoms with Crippen LogP contribution in [0.5, 0.6) is 0 Å². The van der Waals surface area contributed by atoms with E-state index in [4.69, 9.17) is 0 Å². The maximum absolute atomic E-state index is 12.7. The fourth-order valence-electron chi connectivity index (χ4n) is 3.75. The second-order valence-electron chi connectivity index (χ2n) is 6.88. The van der Waals surface area contributed by atoms with Gasteiger partial charge in [0.05, 0.1) is 0 Å². The van der Waals surface area contributed by atoms with Gasteiger partial charge in [0.15, 0.2) is 0 Å². The lowest BCUT2D eigenvalue weighted by Gasteiger charge is -2.32. The van der Waals surface area contributed by atoms with Crippen molar-refractivity contribution in [2.75, 3.05) is 26.2 Å². The fourth-order valence-corrected chi connectivity index (χ4v) is 3.75. The minimum absolute atomic E-state index is 0. The fraction of sp³-hybridized carbons (Fsp3) is 0.632. The average Bonchev–Trinajstić information content (AvgIpc) is 3.33. The molecule has 0 bridgehead atoms. The summed E-state index contributed by atoms with van der Waals surface area (Å²) in [4.78, 5) is 14.8. The third kappa shape index (κ3) is 4.27. The molecule has 0 radical (unpaired) electrons. The number of aryl methyl sites for hydroxylation is 1. The third-order valence-corrected chi connectivity index (χ3v) is 5.30. The maximum Gasteiger partial charge on any atom is 0.226 e. The zero-order valence-electron chi connectivity index (χ0n) is 14.3. The van der Waals surface area contributed by atoms with Crippen LogP contribution in [0.15, 0.2) is 24.3 Å². The molecule has 0 aromatic heterocycles. The summed E-state index contributed by atoms with van der Waals surface area (Å²) in [5.41, 5.74) is 2.70. The van der Waals surface area contributed by atoms with Gasteiger partial charge in [0.1, 0.15) is 0 Å². The molecule has 1 saturated heterocycles. The van der Waals surface area contributed by atoms with E-state index in [1.165, 1.54) is 11.1 Å². The van der Waals surface area contributed by atoms with Gasteiger partial charge in [0, 0.05) is 19.0 Å². The second kappa shape index (κ2) is 8.16. The number of benzene rings is 1. The van der Waals surface area contributed by atoms with Crippen LogP contribution < -0.4 is 5.32 Å². The summed E-state index contributed by atoms with van der Waals surface area (Å²) in [5, 5.41) is 3.43. The summed E-state index contributed by atoms with van der Waals surface area (Å²) >= 11 is 0. The average molecular weight is 337 g/mol. The minimum Gasteiger partial charge on any atom is -0.342 e. The van der Waals surface area contributed by atoms with E-state index in [0.29, 0.717) is 11.8 Å². The zero-order valence-corrected chi connectivity index (χ0v) is 15.1. The SMILES string of the molecule is CCNCC1CCN(C(=O)C2CC2c2ccccc2C)CC1.Cl. The van der Waals surface area contributed by atoms with Crippen LogP contribution in [0.1, 0.15) is 43.2 Å². The normalized spacial score (nSPS) is 24.2. The van der Waals surface area contributed by atoms with E-state index in [2.05, 4.69) is 48.3 Å². The highest BCUT2D eigenvalue weighted by molar-refractivity contribution is 5.85. The maximum atomic E-state index is 12.7. The first-order valence-electron chi connectivity index (χ1n) is 8.75. The molecule has 1 amide bonds. The minimum atomic E-state index is 0. The van der Waals surface area contributed by atoms with Crippen LogP contribution in [0, 0.1) is 18.8 Å². The smallest absolute Gasteiger partial charge is 0.226 e. The van der Waals surface area contributed by atoms with Gasteiger partial charge in [-0.1, -0.05) is 31.2 Å². The molecule has 1 heterocycles. The Kier molecular flexibility index (Phi) is 6.49. The quantitative estimate of drug-likeness (QED) is 0.894. The number of carbonyl (C=O) groups is 1. The molecule has 0 spiro atoms. The van der Waals surface area contributed by atoms with Crippen molar-refractivity contribution in [3.05, 3.63) is 35.4 Å². The van der Waals surface area contributed by atoms with Crippen molar-refractivity contribution in [1.29, 1.82) is 0 Å². The number of carbonyl (C=O) groups excluding carboxylic acids is 1. The van der Waals surface area contributed by atoms with E-state index in [0.717, 1.165) is 51.4 Å². The van der Waals surface area contributed by atoms with Crippen LogP contribution in [0.25, 0.3) is 0 Å². The number of amides is 1. The van der Waals surface area contributed by atoms with Gasteiger partial charge in [-0.15, -0.1) is 12.4 Å². The number of piperidine rings is 1. The van der Waals surface area contributed by atoms with Crippen molar-refractivity contribution in [1.82, 2.24) is 10.2 Å². The Hall–Kier alpha value is -1.06. The predicted molar refractivity (Wildman–Crippen MR) is 97.1 cm³/mol. The Morgan fingerprint density at radius 3 is 2.61 bits per heavy atom. The summed E-state index contributed by atoms with van der Waals surface area (Å²) in [6.07, 6.45) is 3.35. The van der Waals surface area contributed by atoms with Crippen LogP contribution in [0.4, 0.5) is 0 Å². The first-order valence-corrected chi connectivity index (χ1v) is 8.75. The number of nitrogens with zero attached hydrogens (tertiary/aromatic N) is 1. The summed E-state index contributed by atoms with van der Waals surface area (Å²) < 4.78 is 0. The van der Waals surface area contributed by atoms with Crippen LogP contribution >= 0.6 is 12.4 Å². The van der Waals surface area contributed by atoms with Crippen molar-refractivity contribution in [3.63, 3.8) is 0 Å². The Labute approximate surface area is 146 Å². The lowest BCUT2D eigenvalue weighted by atomic mass is 9.96. The molecule has 1 N–H and O–H groups in total. The summed E-state index contributed by atoms with van der Waals surface area (Å²) in [6, 6.07) is 8.51. The molecular formula is C19H29ClN2O. The van der Waals surface area contributed by atoms with Gasteiger partial charge in [0.25, 0.3) is 0 Å². The zero-order chi connectivity index (χ0) is 15.5. The van der Waals surface area contributed by atoms with Crippen LogP contribution in [0.2, 0.25) is 0 Å². The van der Waals surface area contributed by atoms with E-state index in [-0.39, 0.29) is 18.3 Å². The molecule has 2 aliphatic rings. The van der Waals surface area contributed by atoms with Crippen LogP contribution in [-0.4, -0.2) is 37.0 Å². The van der Waals surface area contributed by atoms with E-state index >= 15 is 0 Å². The highest BCUT2D eigenvalue weighted by Crippen LogP contribution is 2.49. The molecule has 1 aliphatic heterocycles. The van der Waals surface area contributed by atoms with Gasteiger partial charge >= 0.3 is 0 Å². The predicted octanol–water partition coefficient (Wildman–Crippen LogP) is 3.37. The molecule has 3 rings (SSSR count). The van der Waals surface area contributed by atoms with Gasteiger partial charge in [0.2, 0.25) is 5.91 Å². The van der Waals surface area contributed by atoms with E-state index in [1.54, 1.807) is 0 Å². The van der Waals surface area contributed by atoms with Gasteiger partial charge in [-0.3, -0.25) is 4.79 Å². The molecule has 1 aromatic rings. The highest BCUT2D eigenvalue weighted by Gasteiger charge is 2.46. The van der Waals surface area contributed by atoms with Crippen LogP contribution in [-0.2, 0) is 4.79 Å². The monoisotopic (exact) mass is 336 g/mol. The van der Waals surface area contributed by atoms with Gasteiger partial charge in [-0.05, 0) is 62.2 Å². The molecule has 2 unspecified atom stereocenters. The second-order valence-corrected chi connectivity index (χ2v) is 6.88. The van der Waals surface area contributed by atoms with E-state index in [9.17, 15) is 4.79 Å². The van der Waals surface area contributed by atoms with Crippen molar-refractivity contribution in [2.45, 2.75) is 39.0 Å². The lowest BCUT2D eigenvalue weighted by molar-refractivity contribution is -0.134.